The molecule has 2 unspecified atom stereocenters. The van der Waals surface area contributed by atoms with Gasteiger partial charge in [0.15, 0.2) is 23.7 Å². The standard InChI is InChI=1S/C21H20F6N4.C5H5NO2/c1-28-11-3-2-4-12(7-11)30-20-17(24)8-15(21(25,26)27)18(31-20)14-9-29-19-13(14)5-10(22)6-16(19)23;1-4-2-5(3-7)8-6-4/h5-6,8-9,11-12,28-29H,2-4,7H2,1H3,(H,30,31);2-3H,1H3. The molecular weight excluding hydrogens is 528 g/mol. The van der Waals surface area contributed by atoms with E-state index in [1.54, 1.807) is 13.0 Å². The molecule has 1 aliphatic rings. The number of nitrogens with zero attached hydrogens (tertiary/aromatic N) is 2. The van der Waals surface area contributed by atoms with Crippen LogP contribution >= 0.6 is 0 Å². The van der Waals surface area contributed by atoms with Gasteiger partial charge in [-0.25, -0.2) is 18.2 Å². The van der Waals surface area contributed by atoms with E-state index in [4.69, 9.17) is 0 Å². The van der Waals surface area contributed by atoms with Gasteiger partial charge in [-0.1, -0.05) is 5.16 Å². The van der Waals surface area contributed by atoms with Crippen LogP contribution in [0.5, 0.6) is 0 Å². The molecule has 1 aromatic carbocycles. The van der Waals surface area contributed by atoms with Crippen molar-refractivity contribution < 1.29 is 35.7 Å². The van der Waals surface area contributed by atoms with E-state index in [9.17, 15) is 31.1 Å². The Morgan fingerprint density at radius 2 is 1.82 bits per heavy atom. The Bertz CT molecular complexity index is 1470. The first kappa shape index (κ1) is 28.1. The number of carbonyl (C=O) groups is 1. The Morgan fingerprint density at radius 3 is 2.44 bits per heavy atom. The smallest absolute Gasteiger partial charge is 0.365 e. The SMILES string of the molecule is CNC1CCCC(Nc2nc(-c3c[nH]c4c(F)cc(F)cc34)c(C(F)(F)F)cc2F)C1.Cc1cc(C=O)on1. The minimum atomic E-state index is -4.92. The molecule has 7 nitrogen and oxygen atoms in total. The van der Waals surface area contributed by atoms with Crippen LogP contribution in [-0.4, -0.2) is 40.5 Å². The van der Waals surface area contributed by atoms with Crippen LogP contribution in [0.4, 0.5) is 32.2 Å². The normalized spacial score (nSPS) is 17.5. The van der Waals surface area contributed by atoms with Crippen molar-refractivity contribution >= 4 is 23.0 Å². The lowest BCUT2D eigenvalue weighted by molar-refractivity contribution is -0.137. The maximum atomic E-state index is 14.6. The number of nitrogens with one attached hydrogen (secondary N) is 3. The molecule has 2 atom stereocenters. The third-order valence-electron chi connectivity index (χ3n) is 6.43. The highest BCUT2D eigenvalue weighted by Gasteiger charge is 2.37. The van der Waals surface area contributed by atoms with Crippen molar-refractivity contribution in [3.8, 4) is 11.3 Å². The zero-order valence-corrected chi connectivity index (χ0v) is 20.9. The molecule has 13 heteroatoms. The number of rotatable bonds is 5. The molecule has 0 amide bonds. The Kier molecular flexibility index (Phi) is 8.28. The molecule has 0 bridgehead atoms. The van der Waals surface area contributed by atoms with E-state index in [0.29, 0.717) is 24.8 Å². The van der Waals surface area contributed by atoms with E-state index in [-0.39, 0.29) is 40.1 Å². The Morgan fingerprint density at radius 1 is 1.08 bits per heavy atom. The van der Waals surface area contributed by atoms with Gasteiger partial charge in [0, 0.05) is 41.4 Å². The third-order valence-corrected chi connectivity index (χ3v) is 6.43. The van der Waals surface area contributed by atoms with Crippen LogP contribution in [0.25, 0.3) is 22.2 Å². The number of aromatic amines is 1. The number of pyridine rings is 1. The first-order valence-corrected chi connectivity index (χ1v) is 12.1. The van der Waals surface area contributed by atoms with E-state index in [1.807, 2.05) is 7.05 Å². The van der Waals surface area contributed by atoms with Gasteiger partial charge >= 0.3 is 6.18 Å². The van der Waals surface area contributed by atoms with Gasteiger partial charge in [-0.05, 0) is 51.8 Å². The zero-order valence-electron chi connectivity index (χ0n) is 20.9. The summed E-state index contributed by atoms with van der Waals surface area (Å²) in [5.41, 5.74) is -1.52. The van der Waals surface area contributed by atoms with Crippen LogP contribution in [0, 0.1) is 24.4 Å². The molecule has 3 N–H and O–H groups in total. The Hall–Kier alpha value is -3.87. The van der Waals surface area contributed by atoms with Crippen LogP contribution < -0.4 is 10.6 Å². The fourth-order valence-corrected chi connectivity index (χ4v) is 4.58. The minimum Gasteiger partial charge on any atom is -0.365 e. The average Bonchev–Trinajstić information content (AvgIpc) is 3.51. The van der Waals surface area contributed by atoms with Crippen molar-refractivity contribution in [2.75, 3.05) is 12.4 Å². The van der Waals surface area contributed by atoms with Crippen LogP contribution in [0.15, 0.2) is 35.0 Å². The van der Waals surface area contributed by atoms with E-state index < -0.39 is 34.9 Å². The highest BCUT2D eigenvalue weighted by atomic mass is 19.4. The molecule has 0 spiro atoms. The fourth-order valence-electron chi connectivity index (χ4n) is 4.58. The molecule has 1 saturated carbocycles. The molecule has 1 aliphatic carbocycles. The predicted octanol–water partition coefficient (Wildman–Crippen LogP) is 6.40. The van der Waals surface area contributed by atoms with Crippen LogP contribution in [-0.2, 0) is 6.18 Å². The second-order valence-electron chi connectivity index (χ2n) is 9.21. The zero-order chi connectivity index (χ0) is 28.3. The Balaban J connectivity index is 0.000000379. The quantitative estimate of drug-likeness (QED) is 0.196. The topological polar surface area (TPSA) is 95.8 Å². The largest absolute Gasteiger partial charge is 0.418 e. The average molecular weight is 554 g/mol. The van der Waals surface area contributed by atoms with Crippen molar-refractivity contribution in [2.24, 2.45) is 0 Å². The van der Waals surface area contributed by atoms with Crippen molar-refractivity contribution in [1.29, 1.82) is 0 Å². The van der Waals surface area contributed by atoms with Gasteiger partial charge in [-0.15, -0.1) is 0 Å². The monoisotopic (exact) mass is 553 g/mol. The molecule has 39 heavy (non-hydrogen) atoms. The molecule has 0 radical (unpaired) electrons. The molecule has 3 aromatic heterocycles. The molecule has 0 saturated heterocycles. The fraction of sp³-hybridized carbons (Fsp3) is 0.346. The van der Waals surface area contributed by atoms with E-state index in [1.165, 1.54) is 0 Å². The second-order valence-corrected chi connectivity index (χ2v) is 9.21. The highest BCUT2D eigenvalue weighted by Crippen LogP contribution is 2.41. The summed E-state index contributed by atoms with van der Waals surface area (Å²) < 4.78 is 87.9. The first-order valence-electron chi connectivity index (χ1n) is 12.1. The number of benzene rings is 1. The number of halogens is 6. The third kappa shape index (κ3) is 6.41. The van der Waals surface area contributed by atoms with Gasteiger partial charge < -0.3 is 20.1 Å². The van der Waals surface area contributed by atoms with E-state index in [0.717, 1.165) is 37.2 Å². The number of aldehydes is 1. The van der Waals surface area contributed by atoms with Crippen LogP contribution in [0.1, 0.15) is 47.5 Å². The van der Waals surface area contributed by atoms with Gasteiger partial charge in [0.1, 0.15) is 11.6 Å². The number of fused-ring (bicyclic) bond motifs is 1. The molecule has 1 fully saturated rings. The Labute approximate surface area is 219 Å². The van der Waals surface area contributed by atoms with Crippen LogP contribution in [0.3, 0.4) is 0 Å². The van der Waals surface area contributed by atoms with Crippen molar-refractivity contribution in [3.63, 3.8) is 0 Å². The summed E-state index contributed by atoms with van der Waals surface area (Å²) in [7, 11) is 1.82. The van der Waals surface area contributed by atoms with Gasteiger partial charge in [0.05, 0.1) is 22.5 Å². The van der Waals surface area contributed by atoms with E-state index >= 15 is 0 Å². The summed E-state index contributed by atoms with van der Waals surface area (Å²) in [5.74, 6) is -3.07. The summed E-state index contributed by atoms with van der Waals surface area (Å²) in [6.07, 6.45) is 0.0363. The van der Waals surface area contributed by atoms with Gasteiger partial charge in [-0.3, -0.25) is 4.79 Å². The van der Waals surface area contributed by atoms with Crippen molar-refractivity contribution in [1.82, 2.24) is 20.4 Å². The van der Waals surface area contributed by atoms with Crippen molar-refractivity contribution in [3.05, 3.63) is 64.9 Å². The number of H-pyrrole nitrogens is 1. The maximum Gasteiger partial charge on any atom is 0.418 e. The number of alkyl halides is 3. The molecule has 3 heterocycles. The first-order chi connectivity index (χ1) is 18.5. The lowest BCUT2D eigenvalue weighted by Crippen LogP contribution is -2.37. The molecule has 0 aliphatic heterocycles. The maximum absolute atomic E-state index is 14.6. The van der Waals surface area contributed by atoms with Gasteiger partial charge in [0.2, 0.25) is 0 Å². The summed E-state index contributed by atoms with van der Waals surface area (Å²) in [5, 5.41) is 9.43. The summed E-state index contributed by atoms with van der Waals surface area (Å²) in [6, 6.07) is 3.53. The molecule has 4 aromatic rings. The number of carbonyl (C=O) groups excluding carboxylic acids is 1. The minimum absolute atomic E-state index is 0.110. The predicted molar refractivity (Wildman–Crippen MR) is 132 cm³/mol. The highest BCUT2D eigenvalue weighted by molar-refractivity contribution is 5.96. The lowest BCUT2D eigenvalue weighted by atomic mass is 9.91. The summed E-state index contributed by atoms with van der Waals surface area (Å²) in [6.45, 7) is 1.76. The number of hydrogen-bond donors (Lipinski definition) is 3. The van der Waals surface area contributed by atoms with Crippen molar-refractivity contribution in [2.45, 2.75) is 50.9 Å². The molecule has 208 valence electrons. The molecular formula is C26H25F6N5O2. The number of aryl methyl sites for hydroxylation is 1. The van der Waals surface area contributed by atoms with Gasteiger partial charge in [0.25, 0.3) is 0 Å². The van der Waals surface area contributed by atoms with E-state index in [2.05, 4.69) is 30.3 Å². The number of anilines is 1. The molecule has 5 rings (SSSR count). The number of aromatic nitrogens is 3. The number of hydrogen-bond acceptors (Lipinski definition) is 6. The van der Waals surface area contributed by atoms with Gasteiger partial charge in [-0.2, -0.15) is 13.2 Å². The summed E-state index contributed by atoms with van der Waals surface area (Å²) >= 11 is 0. The summed E-state index contributed by atoms with van der Waals surface area (Å²) in [4.78, 5) is 16.3. The second kappa shape index (κ2) is 11.5. The van der Waals surface area contributed by atoms with Crippen LogP contribution in [0.2, 0.25) is 0 Å². The lowest BCUT2D eigenvalue weighted by Gasteiger charge is -2.30.